The number of nitrogens with one attached hydrogen (secondary N) is 1. The van der Waals surface area contributed by atoms with Crippen molar-refractivity contribution in [1.29, 1.82) is 0 Å². The molecule has 2 fully saturated rings. The monoisotopic (exact) mass is 348 g/mol. The van der Waals surface area contributed by atoms with Gasteiger partial charge < -0.3 is 5.32 Å². The average molecular weight is 348 g/mol. The maximum atomic E-state index is 12.7. The van der Waals surface area contributed by atoms with E-state index in [1.54, 1.807) is 24.3 Å². The highest BCUT2D eigenvalue weighted by Gasteiger charge is 2.40. The molecule has 0 radical (unpaired) electrons. The molecule has 5 nitrogen and oxygen atoms in total. The van der Waals surface area contributed by atoms with Gasteiger partial charge in [-0.1, -0.05) is 30.3 Å². The Hall–Kier alpha value is -2.95. The summed E-state index contributed by atoms with van der Waals surface area (Å²) in [7, 11) is 0. The summed E-state index contributed by atoms with van der Waals surface area (Å²) in [6.07, 6.45) is 3.45. The van der Waals surface area contributed by atoms with E-state index in [0.29, 0.717) is 11.3 Å². The van der Waals surface area contributed by atoms with Gasteiger partial charge in [-0.2, -0.15) is 0 Å². The Morgan fingerprint density at radius 3 is 2.04 bits per heavy atom. The molecule has 0 spiro atoms. The van der Waals surface area contributed by atoms with Gasteiger partial charge in [-0.25, -0.2) is 0 Å². The first-order valence-electron chi connectivity index (χ1n) is 8.93. The normalized spacial score (nSPS) is 18.5. The van der Waals surface area contributed by atoms with Crippen LogP contribution < -0.4 is 10.2 Å². The Bertz CT molecular complexity index is 839. The molecule has 4 rings (SSSR count). The van der Waals surface area contributed by atoms with Gasteiger partial charge >= 0.3 is 0 Å². The van der Waals surface area contributed by atoms with Gasteiger partial charge in [0, 0.05) is 18.4 Å². The van der Waals surface area contributed by atoms with Gasteiger partial charge in [-0.05, 0) is 49.1 Å². The van der Waals surface area contributed by atoms with E-state index >= 15 is 0 Å². The number of imide groups is 1. The van der Waals surface area contributed by atoms with E-state index in [1.165, 1.54) is 4.90 Å². The van der Waals surface area contributed by atoms with Gasteiger partial charge in [-0.3, -0.25) is 19.3 Å². The Kier molecular flexibility index (Phi) is 4.07. The number of carbonyl (C=O) groups excluding carboxylic acids is 3. The molecular formula is C21H20N2O3. The third kappa shape index (κ3) is 2.79. The molecule has 0 aromatic heterocycles. The maximum absolute atomic E-state index is 12.7. The predicted octanol–water partition coefficient (Wildman–Crippen LogP) is 3.15. The first-order valence-corrected chi connectivity index (χ1v) is 8.93. The molecule has 2 aromatic rings. The van der Waals surface area contributed by atoms with E-state index in [1.807, 2.05) is 30.3 Å². The molecular weight excluding hydrogens is 328 g/mol. The summed E-state index contributed by atoms with van der Waals surface area (Å²) in [5, 5.41) is 3.18. The standard InChI is InChI=1S/C21H20N2O3/c24-18-11-12-19(25)23(18)17-9-7-15(8-10-17)20(26)22-21(13-4-14-21)16-5-2-1-3-6-16/h1-3,5-10H,4,11-14H2,(H,22,26). The maximum Gasteiger partial charge on any atom is 0.251 e. The van der Waals surface area contributed by atoms with Crippen molar-refractivity contribution in [2.75, 3.05) is 4.90 Å². The summed E-state index contributed by atoms with van der Waals surface area (Å²) in [6.45, 7) is 0. The zero-order valence-electron chi connectivity index (χ0n) is 14.4. The molecule has 1 heterocycles. The third-order valence-electron chi connectivity index (χ3n) is 5.33. The quantitative estimate of drug-likeness (QED) is 0.863. The van der Waals surface area contributed by atoms with Gasteiger partial charge in [0.2, 0.25) is 11.8 Å². The Labute approximate surface area is 152 Å². The minimum Gasteiger partial charge on any atom is -0.343 e. The summed E-state index contributed by atoms with van der Waals surface area (Å²) in [4.78, 5) is 37.6. The Morgan fingerprint density at radius 2 is 1.50 bits per heavy atom. The average Bonchev–Trinajstić information content (AvgIpc) is 2.97. The smallest absolute Gasteiger partial charge is 0.251 e. The van der Waals surface area contributed by atoms with Crippen LogP contribution in [0.4, 0.5) is 5.69 Å². The van der Waals surface area contributed by atoms with Crippen molar-refractivity contribution in [3.8, 4) is 0 Å². The molecule has 0 unspecified atom stereocenters. The Morgan fingerprint density at radius 1 is 0.885 bits per heavy atom. The zero-order chi connectivity index (χ0) is 18.1. The van der Waals surface area contributed by atoms with Crippen LogP contribution in [0.2, 0.25) is 0 Å². The summed E-state index contributed by atoms with van der Waals surface area (Å²) < 4.78 is 0. The molecule has 1 N–H and O–H groups in total. The van der Waals surface area contributed by atoms with Crippen LogP contribution in [0.25, 0.3) is 0 Å². The molecule has 3 amide bonds. The van der Waals surface area contributed by atoms with Crippen molar-refractivity contribution in [3.05, 3.63) is 65.7 Å². The van der Waals surface area contributed by atoms with Crippen LogP contribution in [0.1, 0.15) is 48.0 Å². The van der Waals surface area contributed by atoms with Crippen LogP contribution in [0.5, 0.6) is 0 Å². The summed E-state index contributed by atoms with van der Waals surface area (Å²) >= 11 is 0. The minimum atomic E-state index is -0.294. The largest absolute Gasteiger partial charge is 0.343 e. The molecule has 2 aliphatic rings. The number of rotatable bonds is 4. The van der Waals surface area contributed by atoms with E-state index in [4.69, 9.17) is 0 Å². The number of nitrogens with zero attached hydrogens (tertiary/aromatic N) is 1. The summed E-state index contributed by atoms with van der Waals surface area (Å²) in [6, 6.07) is 16.7. The fourth-order valence-electron chi connectivity index (χ4n) is 3.69. The molecule has 1 aliphatic carbocycles. The van der Waals surface area contributed by atoms with Gasteiger partial charge in [-0.15, -0.1) is 0 Å². The SMILES string of the molecule is O=C(NC1(c2ccccc2)CCC1)c1ccc(N2C(=O)CCC2=O)cc1. The van der Waals surface area contributed by atoms with Crippen LogP contribution in [-0.4, -0.2) is 17.7 Å². The Balaban J connectivity index is 1.52. The highest BCUT2D eigenvalue weighted by molar-refractivity contribution is 6.19. The molecule has 0 atom stereocenters. The highest BCUT2D eigenvalue weighted by Crippen LogP contribution is 2.41. The van der Waals surface area contributed by atoms with Gasteiger partial charge in [0.15, 0.2) is 0 Å². The fraction of sp³-hybridized carbons (Fsp3) is 0.286. The first-order chi connectivity index (χ1) is 12.6. The second-order valence-corrected chi connectivity index (χ2v) is 6.93. The number of anilines is 1. The van der Waals surface area contributed by atoms with Crippen LogP contribution in [0.3, 0.4) is 0 Å². The molecule has 1 saturated carbocycles. The van der Waals surface area contributed by atoms with Gasteiger partial charge in [0.05, 0.1) is 11.2 Å². The van der Waals surface area contributed by atoms with Crippen molar-refractivity contribution in [1.82, 2.24) is 5.32 Å². The van der Waals surface area contributed by atoms with Crippen LogP contribution >= 0.6 is 0 Å². The molecule has 1 saturated heterocycles. The van der Waals surface area contributed by atoms with E-state index in [0.717, 1.165) is 24.8 Å². The lowest BCUT2D eigenvalue weighted by Crippen LogP contribution is -2.50. The van der Waals surface area contributed by atoms with E-state index < -0.39 is 0 Å². The van der Waals surface area contributed by atoms with Crippen molar-refractivity contribution in [2.45, 2.75) is 37.6 Å². The first kappa shape index (κ1) is 16.5. The predicted molar refractivity (Wildman–Crippen MR) is 97.6 cm³/mol. The topological polar surface area (TPSA) is 66.5 Å². The van der Waals surface area contributed by atoms with Crippen molar-refractivity contribution in [3.63, 3.8) is 0 Å². The van der Waals surface area contributed by atoms with E-state index in [2.05, 4.69) is 5.32 Å². The lowest BCUT2D eigenvalue weighted by atomic mass is 9.71. The molecule has 5 heteroatoms. The molecule has 1 aliphatic heterocycles. The van der Waals surface area contributed by atoms with Crippen LogP contribution in [0.15, 0.2) is 54.6 Å². The van der Waals surface area contributed by atoms with Crippen LogP contribution in [-0.2, 0) is 15.1 Å². The number of amides is 3. The molecule has 2 aromatic carbocycles. The lowest BCUT2D eigenvalue weighted by molar-refractivity contribution is -0.121. The summed E-state index contributed by atoms with van der Waals surface area (Å²) in [5.41, 5.74) is 1.88. The highest BCUT2D eigenvalue weighted by atomic mass is 16.2. The second-order valence-electron chi connectivity index (χ2n) is 6.93. The van der Waals surface area contributed by atoms with Crippen molar-refractivity contribution in [2.24, 2.45) is 0 Å². The van der Waals surface area contributed by atoms with Gasteiger partial charge in [0.25, 0.3) is 5.91 Å². The number of benzene rings is 2. The minimum absolute atomic E-state index is 0.140. The van der Waals surface area contributed by atoms with Crippen LogP contribution in [0, 0.1) is 0 Å². The van der Waals surface area contributed by atoms with Crippen molar-refractivity contribution >= 4 is 23.4 Å². The number of carbonyl (C=O) groups is 3. The third-order valence-corrected chi connectivity index (χ3v) is 5.33. The number of hydrogen-bond acceptors (Lipinski definition) is 3. The van der Waals surface area contributed by atoms with E-state index in [-0.39, 0.29) is 36.1 Å². The van der Waals surface area contributed by atoms with E-state index in [9.17, 15) is 14.4 Å². The van der Waals surface area contributed by atoms with Gasteiger partial charge in [0.1, 0.15) is 0 Å². The van der Waals surface area contributed by atoms with Crippen molar-refractivity contribution < 1.29 is 14.4 Å². The molecule has 0 bridgehead atoms. The molecule has 132 valence electrons. The number of hydrogen-bond donors (Lipinski definition) is 1. The fourth-order valence-corrected chi connectivity index (χ4v) is 3.69. The molecule has 26 heavy (non-hydrogen) atoms. The zero-order valence-corrected chi connectivity index (χ0v) is 14.4. The second kappa shape index (κ2) is 6.41. The summed E-state index contributed by atoms with van der Waals surface area (Å²) in [5.74, 6) is -0.520. The lowest BCUT2D eigenvalue weighted by Gasteiger charge is -2.43.